The average molecular weight is 845 g/mol. The van der Waals surface area contributed by atoms with Gasteiger partial charge in [0.05, 0.1) is 25.0 Å². The maximum Gasteiger partial charge on any atom is 0.313 e. The number of hydrogen-bond donors (Lipinski definition) is 1. The summed E-state index contributed by atoms with van der Waals surface area (Å²) in [5.41, 5.74) is 5.05. The number of hydrogen-bond acceptors (Lipinski definition) is 7. The first-order chi connectivity index (χ1) is 27.1. The molecule has 0 fully saturated rings. The zero-order valence-electron chi connectivity index (χ0n) is 39.7. The van der Waals surface area contributed by atoms with E-state index in [0.717, 1.165) is 54.7 Å². The van der Waals surface area contributed by atoms with Gasteiger partial charge in [0.25, 0.3) is 16.6 Å². The minimum absolute atomic E-state index is 0.0979. The van der Waals surface area contributed by atoms with Crippen LogP contribution in [0.15, 0.2) is 48.5 Å². The van der Waals surface area contributed by atoms with Crippen LogP contribution in [0, 0.1) is 0 Å². The van der Waals surface area contributed by atoms with E-state index in [1.165, 1.54) is 6.92 Å². The Morgan fingerprint density at radius 2 is 0.879 bits per heavy atom. The molecule has 2 aromatic rings. The number of rotatable bonds is 22. The molecule has 0 aromatic heterocycles. The van der Waals surface area contributed by atoms with Crippen molar-refractivity contribution in [3.05, 3.63) is 59.7 Å². The van der Waals surface area contributed by atoms with Crippen LogP contribution in [-0.4, -0.2) is 52.9 Å². The number of carbonyl (C=O) groups is 3. The molecule has 8 nitrogen and oxygen atoms in total. The van der Waals surface area contributed by atoms with E-state index in [1.54, 1.807) is 6.92 Å². The number of ether oxygens (including phenoxy) is 2. The second-order valence-corrected chi connectivity index (χ2v) is 28.2. The van der Waals surface area contributed by atoms with Crippen molar-refractivity contribution in [1.29, 1.82) is 0 Å². The van der Waals surface area contributed by atoms with Crippen LogP contribution in [0.2, 0.25) is 33.2 Å². The van der Waals surface area contributed by atoms with E-state index in [4.69, 9.17) is 13.6 Å². The monoisotopic (exact) mass is 845 g/mol. The molecule has 0 aliphatic heterocycles. The molecule has 0 spiro atoms. The van der Waals surface area contributed by atoms with Gasteiger partial charge in [-0.05, 0) is 94.8 Å². The molecule has 0 saturated carbocycles. The Morgan fingerprint density at radius 1 is 0.534 bits per heavy atom. The molecule has 0 saturated heterocycles. The lowest BCUT2D eigenvalue weighted by Crippen LogP contribution is -2.50. The minimum atomic E-state index is -1.97. The topological polar surface area (TPSA) is 108 Å². The van der Waals surface area contributed by atoms with E-state index in [2.05, 4.69) is 114 Å². The van der Waals surface area contributed by atoms with Crippen LogP contribution >= 0.6 is 0 Å². The van der Waals surface area contributed by atoms with Gasteiger partial charge in [0.15, 0.2) is 0 Å². The Labute approximate surface area is 356 Å². The largest absolute Gasteiger partial charge is 0.543 e. The summed E-state index contributed by atoms with van der Waals surface area (Å²) >= 11 is 0. The number of esters is 2. The van der Waals surface area contributed by atoms with Gasteiger partial charge in [-0.15, -0.1) is 0 Å². The van der Waals surface area contributed by atoms with Crippen LogP contribution in [0.3, 0.4) is 0 Å². The molecule has 332 valence electrons. The normalized spacial score (nSPS) is 12.8. The van der Waals surface area contributed by atoms with E-state index in [1.807, 2.05) is 43.3 Å². The van der Waals surface area contributed by atoms with Crippen LogP contribution < -0.4 is 8.85 Å². The van der Waals surface area contributed by atoms with Crippen molar-refractivity contribution in [3.8, 4) is 11.5 Å². The summed E-state index contributed by atoms with van der Waals surface area (Å²) in [6, 6.07) is 16.0. The molecule has 2 atom stereocenters. The van der Waals surface area contributed by atoms with Gasteiger partial charge in [0.2, 0.25) is 0 Å². The van der Waals surface area contributed by atoms with Gasteiger partial charge in [-0.3, -0.25) is 14.4 Å². The smallest absolute Gasteiger partial charge is 0.313 e. The zero-order chi connectivity index (χ0) is 44.8. The van der Waals surface area contributed by atoms with Crippen molar-refractivity contribution in [2.75, 3.05) is 13.2 Å². The second-order valence-electron chi connectivity index (χ2n) is 17.4. The molecule has 0 radical (unpaired) electrons. The molecule has 10 heteroatoms. The summed E-state index contributed by atoms with van der Waals surface area (Å²) in [5, 5.41) is 9.41. The summed E-state index contributed by atoms with van der Waals surface area (Å²) in [6.45, 7) is 37.8. The maximum atomic E-state index is 12.5. The first-order valence-corrected chi connectivity index (χ1v) is 26.5. The molecular formula is C48H84O8Si2. The van der Waals surface area contributed by atoms with Crippen molar-refractivity contribution < 1.29 is 37.8 Å². The van der Waals surface area contributed by atoms with Gasteiger partial charge >= 0.3 is 17.9 Å². The Morgan fingerprint density at radius 3 is 1.14 bits per heavy atom. The molecule has 2 rings (SSSR count). The molecule has 0 aliphatic carbocycles. The Bertz CT molecular complexity index is 1390. The summed E-state index contributed by atoms with van der Waals surface area (Å²) in [7, 11) is -3.93. The van der Waals surface area contributed by atoms with E-state index >= 15 is 0 Å². The van der Waals surface area contributed by atoms with Gasteiger partial charge < -0.3 is 23.4 Å². The van der Waals surface area contributed by atoms with Gasteiger partial charge in [0.1, 0.15) is 11.5 Å². The van der Waals surface area contributed by atoms with Gasteiger partial charge in [-0.2, -0.15) is 0 Å². The van der Waals surface area contributed by atoms with Crippen LogP contribution in [0.5, 0.6) is 11.5 Å². The van der Waals surface area contributed by atoms with Crippen LogP contribution in [-0.2, 0) is 23.9 Å². The number of carbonyl (C=O) groups excluding carboxylic acids is 2. The fourth-order valence-corrected chi connectivity index (χ4v) is 19.2. The highest BCUT2D eigenvalue weighted by molar-refractivity contribution is 6.78. The fraction of sp³-hybridized carbons (Fsp3) is 0.688. The van der Waals surface area contributed by atoms with Gasteiger partial charge in [-0.25, -0.2) is 0 Å². The predicted molar refractivity (Wildman–Crippen MR) is 247 cm³/mol. The number of benzene rings is 2. The van der Waals surface area contributed by atoms with Crippen molar-refractivity contribution in [2.24, 2.45) is 0 Å². The first-order valence-electron chi connectivity index (χ1n) is 22.2. The highest BCUT2D eigenvalue weighted by atomic mass is 28.4. The van der Waals surface area contributed by atoms with Crippen molar-refractivity contribution in [3.63, 3.8) is 0 Å². The average Bonchev–Trinajstić information content (AvgIpc) is 3.14. The molecule has 0 aliphatic rings. The second kappa shape index (κ2) is 27.6. The molecule has 0 amide bonds. The van der Waals surface area contributed by atoms with Gasteiger partial charge in [0, 0.05) is 6.92 Å². The predicted octanol–water partition coefficient (Wildman–Crippen LogP) is 14.2. The van der Waals surface area contributed by atoms with Crippen molar-refractivity contribution in [2.45, 2.75) is 201 Å². The van der Waals surface area contributed by atoms with Gasteiger partial charge in [-0.1, -0.05) is 147 Å². The van der Waals surface area contributed by atoms with E-state index in [9.17, 15) is 19.5 Å². The highest BCUT2D eigenvalue weighted by Gasteiger charge is 2.48. The number of carboxylic acid groups (broad SMARTS) is 1. The lowest BCUT2D eigenvalue weighted by atomic mass is 9.94. The lowest BCUT2D eigenvalue weighted by molar-refractivity contribution is -0.146. The number of aliphatic carboxylic acids is 1. The zero-order valence-corrected chi connectivity index (χ0v) is 41.7. The highest BCUT2D eigenvalue weighted by Crippen LogP contribution is 2.44. The maximum absolute atomic E-state index is 12.5. The third kappa shape index (κ3) is 16.5. The molecule has 2 unspecified atom stereocenters. The van der Waals surface area contributed by atoms with Crippen LogP contribution in [0.25, 0.3) is 0 Å². The Balaban J connectivity index is 0.000000989. The molecule has 2 aromatic carbocycles. The van der Waals surface area contributed by atoms with Crippen LogP contribution in [0.1, 0.15) is 179 Å². The van der Waals surface area contributed by atoms with E-state index in [-0.39, 0.29) is 17.9 Å². The third-order valence-corrected chi connectivity index (χ3v) is 23.4. The van der Waals surface area contributed by atoms with E-state index < -0.39 is 28.5 Å². The summed E-state index contributed by atoms with van der Waals surface area (Å²) in [5.74, 6) is 0.144. The fourth-order valence-electron chi connectivity index (χ4n) is 8.70. The van der Waals surface area contributed by atoms with Crippen molar-refractivity contribution >= 4 is 34.5 Å². The summed E-state index contributed by atoms with van der Waals surface area (Å²) in [6.07, 6.45) is 5.25. The van der Waals surface area contributed by atoms with Crippen molar-refractivity contribution in [1.82, 2.24) is 0 Å². The standard InChI is InChI=1S/C24H42O3Si.C20H34O3Si.C4H8O2/c1-9-11-17-26-24(25)23(12-10-2)21-13-15-22(16-14-21)27-28(18(3)4,19(5)6)20(7)8;1-8-9-19(20(21)22)17-10-12-18(13-11-17)23-24(14(2)3,15(4)5)16(6)7;1-3-6-4(2)5/h13-16,18-20,23H,9-12,17H2,1-8H3;10-16,19H,8-9H2,1-7H3,(H,21,22);3H2,1-2H3. The summed E-state index contributed by atoms with van der Waals surface area (Å²) < 4.78 is 23.3. The number of carboxylic acids is 1. The molecule has 1 N–H and O–H groups in total. The van der Waals surface area contributed by atoms with Crippen LogP contribution in [0.4, 0.5) is 0 Å². The molecule has 0 bridgehead atoms. The molecule has 58 heavy (non-hydrogen) atoms. The summed E-state index contributed by atoms with van der Waals surface area (Å²) in [4.78, 5) is 33.8. The van der Waals surface area contributed by atoms with E-state index in [0.29, 0.717) is 52.9 Å². The Hall–Kier alpha value is -3.12. The minimum Gasteiger partial charge on any atom is -0.543 e. The number of unbranched alkanes of at least 4 members (excludes halogenated alkanes) is 1. The SMILES string of the molecule is CCCC(C(=O)O)c1ccc(O[Si](C(C)C)(C(C)C)C(C)C)cc1.CCCCOC(=O)C(CCC)c1ccc(O[Si](C(C)C)(C(C)C)C(C)C)cc1.CCOC(C)=O. The first kappa shape index (κ1) is 54.9. The third-order valence-electron chi connectivity index (χ3n) is 11.4. The Kier molecular flexibility index (Phi) is 26.1. The molecule has 0 heterocycles. The lowest BCUT2D eigenvalue weighted by Gasteiger charge is -2.42. The molecular weight excluding hydrogens is 761 g/mol. The quantitative estimate of drug-likeness (QED) is 0.0709.